The van der Waals surface area contributed by atoms with Gasteiger partial charge in [-0.15, -0.1) is 0 Å². The molecule has 6 nitrogen and oxygen atoms in total. The first-order chi connectivity index (χ1) is 8.60. The number of rotatable bonds is 1. The van der Waals surface area contributed by atoms with E-state index in [0.29, 0.717) is 5.75 Å². The molecule has 0 aromatic heterocycles. The van der Waals surface area contributed by atoms with E-state index in [1.807, 2.05) is 0 Å². The lowest BCUT2D eigenvalue weighted by Gasteiger charge is -2.35. The number of nitro groups is 1. The zero-order chi connectivity index (χ0) is 12.8. The first-order valence-corrected chi connectivity index (χ1v) is 5.90. The van der Waals surface area contributed by atoms with Crippen LogP contribution in [0.15, 0.2) is 18.2 Å². The second-order valence-corrected chi connectivity index (χ2v) is 4.70. The molecule has 18 heavy (non-hydrogen) atoms. The van der Waals surface area contributed by atoms with Crippen LogP contribution in [-0.4, -0.2) is 16.6 Å². The number of non-ortho nitro benzene ring substituents is 1. The van der Waals surface area contributed by atoms with E-state index in [1.165, 1.54) is 18.2 Å². The minimum absolute atomic E-state index is 0.102. The fraction of sp³-hybridized carbons (Fsp3) is 0.417. The number of benzene rings is 1. The zero-order valence-electron chi connectivity index (χ0n) is 9.64. The number of ether oxygens (including phenoxy) is 1. The molecule has 1 N–H and O–H groups in total. The van der Waals surface area contributed by atoms with Gasteiger partial charge in [-0.2, -0.15) is 0 Å². The third-order valence-electron chi connectivity index (χ3n) is 3.48. The van der Waals surface area contributed by atoms with E-state index in [9.17, 15) is 14.9 Å². The van der Waals surface area contributed by atoms with E-state index < -0.39 is 10.6 Å². The molecular weight excluding hydrogens is 236 g/mol. The predicted molar refractivity (Wildman–Crippen MR) is 62.4 cm³/mol. The lowest BCUT2D eigenvalue weighted by Crippen LogP contribution is -2.54. The summed E-state index contributed by atoms with van der Waals surface area (Å²) in [5.74, 6) is 0.146. The fourth-order valence-corrected chi connectivity index (χ4v) is 2.58. The second kappa shape index (κ2) is 3.69. The van der Waals surface area contributed by atoms with Gasteiger partial charge in [0, 0.05) is 25.0 Å². The van der Waals surface area contributed by atoms with Gasteiger partial charge in [0.15, 0.2) is 5.72 Å². The first kappa shape index (κ1) is 11.0. The summed E-state index contributed by atoms with van der Waals surface area (Å²) in [6.07, 6.45) is 3.61. The Bertz CT molecular complexity index is 535. The molecule has 0 radical (unpaired) electrons. The van der Waals surface area contributed by atoms with Crippen molar-refractivity contribution in [2.24, 2.45) is 0 Å². The Labute approximate surface area is 103 Å². The van der Waals surface area contributed by atoms with Crippen molar-refractivity contribution in [3.05, 3.63) is 33.9 Å². The van der Waals surface area contributed by atoms with E-state index in [2.05, 4.69) is 5.32 Å². The highest BCUT2D eigenvalue weighted by atomic mass is 16.6. The van der Waals surface area contributed by atoms with Gasteiger partial charge < -0.3 is 10.1 Å². The molecule has 1 aromatic carbocycles. The van der Waals surface area contributed by atoms with E-state index in [1.54, 1.807) is 0 Å². The lowest BCUT2D eigenvalue weighted by atomic mass is 10.1. The monoisotopic (exact) mass is 248 g/mol. The molecule has 0 bridgehead atoms. The number of fused-ring (bicyclic) bond motifs is 1. The average molecular weight is 248 g/mol. The zero-order valence-corrected chi connectivity index (χ0v) is 9.64. The summed E-state index contributed by atoms with van der Waals surface area (Å²) in [5.41, 5.74) is -0.461. The molecule has 1 saturated carbocycles. The maximum absolute atomic E-state index is 12.0. The Morgan fingerprint density at radius 3 is 2.72 bits per heavy atom. The van der Waals surface area contributed by atoms with Gasteiger partial charge in [-0.05, 0) is 18.9 Å². The number of carbonyl (C=O) groups excluding carboxylic acids is 1. The summed E-state index contributed by atoms with van der Waals surface area (Å²) in [7, 11) is 0. The number of carbonyl (C=O) groups is 1. The van der Waals surface area contributed by atoms with Crippen LogP contribution in [0.4, 0.5) is 5.69 Å². The fourth-order valence-electron chi connectivity index (χ4n) is 2.58. The summed E-state index contributed by atoms with van der Waals surface area (Å²) in [6.45, 7) is 0. The molecule has 1 heterocycles. The number of nitrogens with one attached hydrogen (secondary N) is 1. The van der Waals surface area contributed by atoms with Crippen molar-refractivity contribution < 1.29 is 14.5 Å². The molecular formula is C12H12N2O4. The van der Waals surface area contributed by atoms with Crippen molar-refractivity contribution in [2.45, 2.75) is 31.4 Å². The molecule has 94 valence electrons. The summed E-state index contributed by atoms with van der Waals surface area (Å²) in [4.78, 5) is 22.2. The second-order valence-electron chi connectivity index (χ2n) is 4.70. The Kier molecular flexibility index (Phi) is 2.26. The molecule has 1 fully saturated rings. The largest absolute Gasteiger partial charge is 0.467 e. The molecule has 1 aromatic rings. The van der Waals surface area contributed by atoms with Crippen LogP contribution in [0.1, 0.15) is 36.0 Å². The van der Waals surface area contributed by atoms with Crippen LogP contribution in [0, 0.1) is 10.1 Å². The number of hydrogen-bond donors (Lipinski definition) is 1. The van der Waals surface area contributed by atoms with Gasteiger partial charge in [0.2, 0.25) is 0 Å². The predicted octanol–water partition coefficient (Wildman–Crippen LogP) is 1.99. The third-order valence-corrected chi connectivity index (χ3v) is 3.48. The molecule has 1 spiro atoms. The first-order valence-electron chi connectivity index (χ1n) is 5.90. The molecule has 6 heteroatoms. The van der Waals surface area contributed by atoms with E-state index in [-0.39, 0.29) is 17.2 Å². The van der Waals surface area contributed by atoms with Crippen molar-refractivity contribution in [1.29, 1.82) is 0 Å². The van der Waals surface area contributed by atoms with Crippen LogP contribution in [0.2, 0.25) is 0 Å². The topological polar surface area (TPSA) is 81.5 Å². The van der Waals surface area contributed by atoms with E-state index >= 15 is 0 Å². The van der Waals surface area contributed by atoms with Crippen molar-refractivity contribution in [3.63, 3.8) is 0 Å². The molecule has 1 amide bonds. The molecule has 3 rings (SSSR count). The number of amides is 1. The van der Waals surface area contributed by atoms with E-state index in [4.69, 9.17) is 4.74 Å². The van der Waals surface area contributed by atoms with Crippen LogP contribution in [0.25, 0.3) is 0 Å². The van der Waals surface area contributed by atoms with Crippen molar-refractivity contribution >= 4 is 11.6 Å². The Balaban J connectivity index is 2.01. The summed E-state index contributed by atoms with van der Waals surface area (Å²) < 4.78 is 5.83. The number of nitro benzene ring substituents is 1. The van der Waals surface area contributed by atoms with Crippen molar-refractivity contribution in [1.82, 2.24) is 5.32 Å². The number of hydrogen-bond acceptors (Lipinski definition) is 4. The quantitative estimate of drug-likeness (QED) is 0.608. The summed E-state index contributed by atoms with van der Waals surface area (Å²) in [5, 5.41) is 13.5. The normalized spacial score (nSPS) is 20.1. The molecule has 0 unspecified atom stereocenters. The van der Waals surface area contributed by atoms with Gasteiger partial charge in [-0.25, -0.2) is 0 Å². The van der Waals surface area contributed by atoms with Gasteiger partial charge >= 0.3 is 0 Å². The SMILES string of the molecule is O=C1NC2(CCCC2)Oc2ccc([N+](=O)[O-])cc21. The molecule has 1 aliphatic carbocycles. The van der Waals surface area contributed by atoms with Gasteiger partial charge in [-0.3, -0.25) is 14.9 Å². The minimum atomic E-state index is -0.597. The van der Waals surface area contributed by atoms with Crippen molar-refractivity contribution in [2.75, 3.05) is 0 Å². The van der Waals surface area contributed by atoms with Crippen LogP contribution in [0.5, 0.6) is 5.75 Å². The highest BCUT2D eigenvalue weighted by Crippen LogP contribution is 2.38. The Hall–Kier alpha value is -2.11. The minimum Gasteiger partial charge on any atom is -0.467 e. The molecule has 2 aliphatic rings. The smallest absolute Gasteiger partial charge is 0.270 e. The third kappa shape index (κ3) is 1.61. The molecule has 0 saturated heterocycles. The highest BCUT2D eigenvalue weighted by Gasteiger charge is 2.42. The van der Waals surface area contributed by atoms with Gasteiger partial charge in [0.25, 0.3) is 11.6 Å². The van der Waals surface area contributed by atoms with Crippen LogP contribution < -0.4 is 10.1 Å². The summed E-state index contributed by atoms with van der Waals surface area (Å²) >= 11 is 0. The standard InChI is InChI=1S/C12H12N2O4/c15-11-9-7-8(14(16)17)3-4-10(9)18-12(13-11)5-1-2-6-12/h3-4,7H,1-2,5-6H2,(H,13,15). The molecule has 0 atom stereocenters. The van der Waals surface area contributed by atoms with Crippen LogP contribution in [-0.2, 0) is 0 Å². The van der Waals surface area contributed by atoms with Crippen LogP contribution >= 0.6 is 0 Å². The van der Waals surface area contributed by atoms with Gasteiger partial charge in [0.1, 0.15) is 5.75 Å². The molecule has 1 aliphatic heterocycles. The van der Waals surface area contributed by atoms with Crippen LogP contribution in [0.3, 0.4) is 0 Å². The van der Waals surface area contributed by atoms with Gasteiger partial charge in [0.05, 0.1) is 10.5 Å². The Morgan fingerprint density at radius 2 is 2.06 bits per heavy atom. The van der Waals surface area contributed by atoms with E-state index in [0.717, 1.165) is 25.7 Å². The van der Waals surface area contributed by atoms with Gasteiger partial charge in [-0.1, -0.05) is 0 Å². The maximum Gasteiger partial charge on any atom is 0.270 e. The maximum atomic E-state index is 12.0. The lowest BCUT2D eigenvalue weighted by molar-refractivity contribution is -0.384. The number of nitrogens with zero attached hydrogens (tertiary/aromatic N) is 1. The Morgan fingerprint density at radius 1 is 1.33 bits per heavy atom. The van der Waals surface area contributed by atoms with Crippen molar-refractivity contribution in [3.8, 4) is 5.75 Å². The highest BCUT2D eigenvalue weighted by molar-refractivity contribution is 5.99. The average Bonchev–Trinajstić information content (AvgIpc) is 2.76. The summed E-state index contributed by atoms with van der Waals surface area (Å²) in [6, 6.07) is 4.12.